The highest BCUT2D eigenvalue weighted by Gasteiger charge is 2.10. The van der Waals surface area contributed by atoms with Crippen molar-refractivity contribution in [3.63, 3.8) is 0 Å². The average molecular weight is 222 g/mol. The Hall–Kier alpha value is -1.49. The van der Waals surface area contributed by atoms with Crippen LogP contribution in [0, 0.1) is 6.92 Å². The van der Waals surface area contributed by atoms with Gasteiger partial charge in [0.15, 0.2) is 0 Å². The highest BCUT2D eigenvalue weighted by molar-refractivity contribution is 7.12. The van der Waals surface area contributed by atoms with Crippen LogP contribution in [0.25, 0.3) is 10.2 Å². The normalized spacial score (nSPS) is 10.5. The van der Waals surface area contributed by atoms with Gasteiger partial charge in [0.05, 0.1) is 17.9 Å². The minimum atomic E-state index is -0.336. The van der Waals surface area contributed by atoms with Crippen molar-refractivity contribution in [3.05, 3.63) is 23.5 Å². The Morgan fingerprint density at radius 1 is 1.60 bits per heavy atom. The van der Waals surface area contributed by atoms with E-state index in [1.54, 1.807) is 13.0 Å². The predicted molar refractivity (Wildman–Crippen MR) is 58.1 cm³/mol. The van der Waals surface area contributed by atoms with E-state index < -0.39 is 0 Å². The van der Waals surface area contributed by atoms with Crippen LogP contribution in [0.3, 0.4) is 0 Å². The first kappa shape index (κ1) is 10.0. The zero-order valence-electron chi connectivity index (χ0n) is 8.48. The molecular weight excluding hydrogens is 212 g/mol. The van der Waals surface area contributed by atoms with Gasteiger partial charge in [-0.15, -0.1) is 0 Å². The molecule has 0 aromatic carbocycles. The molecule has 0 saturated carbocycles. The van der Waals surface area contributed by atoms with Crippen molar-refractivity contribution in [2.45, 2.75) is 13.8 Å². The fourth-order valence-electron chi connectivity index (χ4n) is 1.27. The molecule has 2 aromatic heterocycles. The van der Waals surface area contributed by atoms with Crippen LogP contribution in [-0.2, 0) is 4.74 Å². The molecule has 0 aliphatic heterocycles. The maximum absolute atomic E-state index is 11.4. The van der Waals surface area contributed by atoms with Gasteiger partial charge in [-0.3, -0.25) is 0 Å². The number of carbonyl (C=O) groups excluding carboxylic acids is 1. The van der Waals surface area contributed by atoms with Crippen LogP contribution in [0.15, 0.2) is 12.3 Å². The Morgan fingerprint density at radius 3 is 3.13 bits per heavy atom. The topological polar surface area (TPSA) is 52.1 Å². The van der Waals surface area contributed by atoms with Crippen molar-refractivity contribution in [1.29, 1.82) is 0 Å². The first-order valence-corrected chi connectivity index (χ1v) is 5.39. The molecule has 78 valence electrons. The molecule has 15 heavy (non-hydrogen) atoms. The number of fused-ring (bicyclic) bond motifs is 1. The zero-order chi connectivity index (χ0) is 10.8. The molecule has 0 saturated heterocycles. The SMILES string of the molecule is CCOC(=O)c1cnc2snc(C)c2c1. The van der Waals surface area contributed by atoms with Gasteiger partial charge in [0, 0.05) is 11.6 Å². The molecule has 0 atom stereocenters. The summed E-state index contributed by atoms with van der Waals surface area (Å²) in [6.07, 6.45) is 1.53. The molecule has 0 amide bonds. The minimum absolute atomic E-state index is 0.336. The Labute approximate surface area is 91.1 Å². The number of hydrogen-bond acceptors (Lipinski definition) is 5. The van der Waals surface area contributed by atoms with Crippen molar-refractivity contribution in [2.24, 2.45) is 0 Å². The van der Waals surface area contributed by atoms with Gasteiger partial charge < -0.3 is 4.74 Å². The van der Waals surface area contributed by atoms with Crippen LogP contribution in [0.1, 0.15) is 23.0 Å². The van der Waals surface area contributed by atoms with E-state index in [1.165, 1.54) is 17.7 Å². The van der Waals surface area contributed by atoms with E-state index in [0.29, 0.717) is 12.2 Å². The first-order chi connectivity index (χ1) is 7.22. The monoisotopic (exact) mass is 222 g/mol. The standard InChI is InChI=1S/C10H10N2O2S/c1-3-14-10(13)7-4-8-6(2)12-15-9(8)11-5-7/h4-5H,3H2,1-2H3. The summed E-state index contributed by atoms with van der Waals surface area (Å²) in [6.45, 7) is 4.05. The van der Waals surface area contributed by atoms with E-state index in [1.807, 2.05) is 6.92 Å². The minimum Gasteiger partial charge on any atom is -0.462 e. The van der Waals surface area contributed by atoms with Crippen molar-refractivity contribution in [2.75, 3.05) is 6.61 Å². The molecule has 0 aliphatic carbocycles. The van der Waals surface area contributed by atoms with E-state index in [2.05, 4.69) is 9.36 Å². The van der Waals surface area contributed by atoms with Crippen LogP contribution < -0.4 is 0 Å². The average Bonchev–Trinajstić information content (AvgIpc) is 2.60. The summed E-state index contributed by atoms with van der Waals surface area (Å²) in [5.74, 6) is -0.336. The molecule has 2 aromatic rings. The van der Waals surface area contributed by atoms with Gasteiger partial charge in [-0.25, -0.2) is 9.78 Å². The Kier molecular flexibility index (Phi) is 2.64. The smallest absolute Gasteiger partial charge is 0.339 e. The second-order valence-electron chi connectivity index (χ2n) is 3.07. The Morgan fingerprint density at radius 2 is 2.40 bits per heavy atom. The third-order valence-corrected chi connectivity index (χ3v) is 2.88. The summed E-state index contributed by atoms with van der Waals surface area (Å²) in [7, 11) is 0. The molecule has 4 nitrogen and oxygen atoms in total. The third-order valence-electron chi connectivity index (χ3n) is 2.02. The Bertz CT molecular complexity index is 507. The number of rotatable bonds is 2. The van der Waals surface area contributed by atoms with Crippen LogP contribution in [0.5, 0.6) is 0 Å². The molecular formula is C10H10N2O2S. The highest BCUT2D eigenvalue weighted by atomic mass is 32.1. The predicted octanol–water partition coefficient (Wildman–Crippen LogP) is 2.18. The van der Waals surface area contributed by atoms with Gasteiger partial charge in [0.1, 0.15) is 4.83 Å². The summed E-state index contributed by atoms with van der Waals surface area (Å²) in [6, 6.07) is 1.78. The number of aromatic nitrogens is 2. The van der Waals surface area contributed by atoms with E-state index in [0.717, 1.165) is 15.9 Å². The van der Waals surface area contributed by atoms with Gasteiger partial charge in [0.2, 0.25) is 0 Å². The fourth-order valence-corrected chi connectivity index (χ4v) is 2.00. The molecule has 0 fully saturated rings. The van der Waals surface area contributed by atoms with Gasteiger partial charge >= 0.3 is 5.97 Å². The number of pyridine rings is 1. The van der Waals surface area contributed by atoms with E-state index in [9.17, 15) is 4.79 Å². The lowest BCUT2D eigenvalue weighted by Crippen LogP contribution is -2.04. The fraction of sp³-hybridized carbons (Fsp3) is 0.300. The Balaban J connectivity index is 2.45. The molecule has 2 heterocycles. The van der Waals surface area contributed by atoms with Crippen LogP contribution >= 0.6 is 11.5 Å². The summed E-state index contributed by atoms with van der Waals surface area (Å²) in [5.41, 5.74) is 1.38. The zero-order valence-corrected chi connectivity index (χ0v) is 9.30. The van der Waals surface area contributed by atoms with Gasteiger partial charge in [0.25, 0.3) is 0 Å². The molecule has 0 spiro atoms. The van der Waals surface area contributed by atoms with Crippen molar-refractivity contribution in [3.8, 4) is 0 Å². The maximum atomic E-state index is 11.4. The number of nitrogens with zero attached hydrogens (tertiary/aromatic N) is 2. The van der Waals surface area contributed by atoms with Gasteiger partial charge in [-0.2, -0.15) is 4.37 Å². The number of ether oxygens (including phenoxy) is 1. The van der Waals surface area contributed by atoms with E-state index in [4.69, 9.17) is 4.74 Å². The van der Waals surface area contributed by atoms with Crippen molar-refractivity contribution >= 4 is 27.7 Å². The van der Waals surface area contributed by atoms with Crippen molar-refractivity contribution < 1.29 is 9.53 Å². The molecule has 0 unspecified atom stereocenters. The maximum Gasteiger partial charge on any atom is 0.339 e. The van der Waals surface area contributed by atoms with Crippen molar-refractivity contribution in [1.82, 2.24) is 9.36 Å². The lowest BCUT2D eigenvalue weighted by Gasteiger charge is -2.00. The van der Waals surface area contributed by atoms with Crippen LogP contribution in [0.2, 0.25) is 0 Å². The van der Waals surface area contributed by atoms with Gasteiger partial charge in [-0.05, 0) is 31.4 Å². The van der Waals surface area contributed by atoms with E-state index >= 15 is 0 Å². The second-order valence-corrected chi connectivity index (χ2v) is 3.82. The van der Waals surface area contributed by atoms with Crippen LogP contribution in [-0.4, -0.2) is 21.9 Å². The first-order valence-electron chi connectivity index (χ1n) is 4.61. The third kappa shape index (κ3) is 1.83. The quantitative estimate of drug-likeness (QED) is 0.731. The molecule has 2 rings (SSSR count). The number of esters is 1. The van der Waals surface area contributed by atoms with E-state index in [-0.39, 0.29) is 5.97 Å². The molecule has 0 bridgehead atoms. The summed E-state index contributed by atoms with van der Waals surface area (Å²) in [4.78, 5) is 16.5. The number of hydrogen-bond donors (Lipinski definition) is 0. The number of carbonyl (C=O) groups is 1. The van der Waals surface area contributed by atoms with Crippen LogP contribution in [0.4, 0.5) is 0 Å². The second kappa shape index (κ2) is 3.94. The summed E-state index contributed by atoms with van der Waals surface area (Å²) < 4.78 is 9.07. The largest absolute Gasteiger partial charge is 0.462 e. The van der Waals surface area contributed by atoms with Gasteiger partial charge in [-0.1, -0.05) is 0 Å². The number of aryl methyl sites for hydroxylation is 1. The lowest BCUT2D eigenvalue weighted by atomic mass is 10.2. The summed E-state index contributed by atoms with van der Waals surface area (Å²) in [5, 5.41) is 0.922. The molecule has 0 N–H and O–H groups in total. The molecule has 0 radical (unpaired) electrons. The summed E-state index contributed by atoms with van der Waals surface area (Å²) >= 11 is 1.33. The molecule has 0 aliphatic rings. The highest BCUT2D eigenvalue weighted by Crippen LogP contribution is 2.20. The lowest BCUT2D eigenvalue weighted by molar-refractivity contribution is 0.0526. The molecule has 5 heteroatoms.